The van der Waals surface area contributed by atoms with Crippen molar-refractivity contribution in [1.29, 1.82) is 0 Å². The molecule has 0 unspecified atom stereocenters. The van der Waals surface area contributed by atoms with Gasteiger partial charge in [0.05, 0.1) is 0 Å². The van der Waals surface area contributed by atoms with Crippen molar-refractivity contribution in [2.75, 3.05) is 0 Å². The van der Waals surface area contributed by atoms with Gasteiger partial charge >= 0.3 is 0 Å². The Hall–Kier alpha value is -0.330. The minimum absolute atomic E-state index is 0.0877. The first kappa shape index (κ1) is 11.7. The number of hydrogen-bond donors (Lipinski definition) is 0. The van der Waals surface area contributed by atoms with Crippen molar-refractivity contribution in [3.63, 3.8) is 0 Å². The molecule has 0 aromatic carbocycles. The lowest BCUT2D eigenvalue weighted by Crippen LogP contribution is -2.34. The second-order valence-corrected chi connectivity index (χ2v) is 5.70. The molecule has 0 spiro atoms. The van der Waals surface area contributed by atoms with Crippen molar-refractivity contribution in [2.24, 2.45) is 16.7 Å². The van der Waals surface area contributed by atoms with Gasteiger partial charge in [0, 0.05) is 11.3 Å². The standard InChI is InChI=1S/C11H22O/c1-8(10(2,3)4)9(12)11(5,6)7/h8H,1-7H3/t8-/m0/s1. The average Bonchev–Trinajstić information content (AvgIpc) is 1.80. The Balaban J connectivity index is 4.53. The fraction of sp³-hybridized carbons (Fsp3) is 0.909. The highest BCUT2D eigenvalue weighted by Gasteiger charge is 2.33. The van der Waals surface area contributed by atoms with E-state index in [9.17, 15) is 4.79 Å². The monoisotopic (exact) mass is 170 g/mol. The zero-order chi connectivity index (χ0) is 10.2. The quantitative estimate of drug-likeness (QED) is 0.590. The van der Waals surface area contributed by atoms with Crippen LogP contribution in [-0.4, -0.2) is 5.78 Å². The highest BCUT2D eigenvalue weighted by atomic mass is 16.1. The van der Waals surface area contributed by atoms with Crippen LogP contribution in [0.15, 0.2) is 0 Å². The maximum Gasteiger partial charge on any atom is 0.141 e. The predicted octanol–water partition coefficient (Wildman–Crippen LogP) is 3.28. The summed E-state index contributed by atoms with van der Waals surface area (Å²) in [6.45, 7) is 14.3. The van der Waals surface area contributed by atoms with E-state index in [-0.39, 0.29) is 16.7 Å². The third-order valence-corrected chi connectivity index (χ3v) is 2.43. The largest absolute Gasteiger partial charge is 0.299 e. The fourth-order valence-electron chi connectivity index (χ4n) is 1.04. The van der Waals surface area contributed by atoms with Crippen molar-refractivity contribution in [3.8, 4) is 0 Å². The van der Waals surface area contributed by atoms with Crippen LogP contribution in [0.3, 0.4) is 0 Å². The number of carbonyl (C=O) groups excluding carboxylic acids is 1. The summed E-state index contributed by atoms with van der Waals surface area (Å²) in [4.78, 5) is 11.8. The fourth-order valence-corrected chi connectivity index (χ4v) is 1.04. The molecule has 0 aromatic heterocycles. The van der Waals surface area contributed by atoms with Crippen LogP contribution in [0, 0.1) is 16.7 Å². The lowest BCUT2D eigenvalue weighted by Gasteiger charge is -2.31. The molecule has 0 saturated heterocycles. The van der Waals surface area contributed by atoms with Gasteiger partial charge < -0.3 is 0 Å². The van der Waals surface area contributed by atoms with Gasteiger partial charge in [0.15, 0.2) is 0 Å². The van der Waals surface area contributed by atoms with E-state index in [0.717, 1.165) is 0 Å². The first-order valence-electron chi connectivity index (χ1n) is 4.61. The van der Waals surface area contributed by atoms with Gasteiger partial charge in [-0.1, -0.05) is 48.5 Å². The van der Waals surface area contributed by atoms with E-state index >= 15 is 0 Å². The second kappa shape index (κ2) is 3.20. The molecule has 1 heteroatoms. The van der Waals surface area contributed by atoms with E-state index in [1.807, 2.05) is 27.7 Å². The average molecular weight is 170 g/mol. The summed E-state index contributed by atoms with van der Waals surface area (Å²) < 4.78 is 0. The molecule has 0 aliphatic heterocycles. The smallest absolute Gasteiger partial charge is 0.141 e. The Morgan fingerprint density at radius 2 is 1.33 bits per heavy atom. The molecule has 0 N–H and O–H groups in total. The normalized spacial score (nSPS) is 15.9. The van der Waals surface area contributed by atoms with Crippen molar-refractivity contribution < 1.29 is 4.79 Å². The molecule has 0 saturated carbocycles. The summed E-state index contributed by atoms with van der Waals surface area (Å²) in [5.74, 6) is 0.493. The number of carbonyl (C=O) groups is 1. The van der Waals surface area contributed by atoms with Gasteiger partial charge in [0.2, 0.25) is 0 Å². The van der Waals surface area contributed by atoms with Crippen LogP contribution < -0.4 is 0 Å². The minimum Gasteiger partial charge on any atom is -0.299 e. The zero-order valence-corrected chi connectivity index (χ0v) is 9.49. The van der Waals surface area contributed by atoms with Gasteiger partial charge in [-0.25, -0.2) is 0 Å². The van der Waals surface area contributed by atoms with Gasteiger partial charge in [0.25, 0.3) is 0 Å². The lowest BCUT2D eigenvalue weighted by molar-refractivity contribution is -0.133. The molecule has 0 aliphatic carbocycles. The molecule has 0 heterocycles. The van der Waals surface area contributed by atoms with E-state index in [4.69, 9.17) is 0 Å². The molecule has 0 amide bonds. The van der Waals surface area contributed by atoms with Crippen LogP contribution in [-0.2, 0) is 4.79 Å². The van der Waals surface area contributed by atoms with Crippen LogP contribution >= 0.6 is 0 Å². The van der Waals surface area contributed by atoms with Gasteiger partial charge in [-0.15, -0.1) is 0 Å². The Kier molecular flexibility index (Phi) is 3.11. The van der Waals surface area contributed by atoms with Crippen LogP contribution in [0.2, 0.25) is 0 Å². The Morgan fingerprint density at radius 3 is 1.42 bits per heavy atom. The number of rotatable bonds is 1. The molecule has 0 radical (unpaired) electrons. The van der Waals surface area contributed by atoms with Gasteiger partial charge in [-0.3, -0.25) is 4.79 Å². The molecule has 12 heavy (non-hydrogen) atoms. The number of hydrogen-bond acceptors (Lipinski definition) is 1. The van der Waals surface area contributed by atoms with Crippen molar-refractivity contribution >= 4 is 5.78 Å². The molecule has 72 valence electrons. The summed E-state index contributed by atoms with van der Waals surface area (Å²) in [5.41, 5.74) is -0.114. The third kappa shape index (κ3) is 2.96. The topological polar surface area (TPSA) is 17.1 Å². The SMILES string of the molecule is C[C@@H](C(=O)C(C)(C)C)C(C)(C)C. The predicted molar refractivity (Wildman–Crippen MR) is 53.1 cm³/mol. The van der Waals surface area contributed by atoms with Crippen LogP contribution in [0.5, 0.6) is 0 Å². The Morgan fingerprint density at radius 1 is 1.00 bits per heavy atom. The van der Waals surface area contributed by atoms with E-state index < -0.39 is 0 Å². The van der Waals surface area contributed by atoms with Crippen LogP contribution in [0.1, 0.15) is 48.5 Å². The van der Waals surface area contributed by atoms with Crippen LogP contribution in [0.4, 0.5) is 0 Å². The second-order valence-electron chi connectivity index (χ2n) is 5.70. The molecule has 0 bridgehead atoms. The molecule has 0 rings (SSSR count). The molecule has 0 aliphatic rings. The Bertz CT molecular complexity index is 166. The highest BCUT2D eigenvalue weighted by Crippen LogP contribution is 2.32. The summed E-state index contributed by atoms with van der Waals surface area (Å²) in [6.07, 6.45) is 0. The van der Waals surface area contributed by atoms with E-state index in [1.54, 1.807) is 0 Å². The first-order valence-corrected chi connectivity index (χ1v) is 4.61. The zero-order valence-electron chi connectivity index (χ0n) is 9.49. The summed E-state index contributed by atoms with van der Waals surface area (Å²) in [7, 11) is 0. The molecular formula is C11H22O. The highest BCUT2D eigenvalue weighted by molar-refractivity contribution is 5.86. The van der Waals surface area contributed by atoms with Crippen molar-refractivity contribution in [2.45, 2.75) is 48.5 Å². The van der Waals surface area contributed by atoms with Crippen LogP contribution in [0.25, 0.3) is 0 Å². The van der Waals surface area contributed by atoms with Crippen molar-refractivity contribution in [1.82, 2.24) is 0 Å². The van der Waals surface area contributed by atoms with Gasteiger partial charge in [-0.05, 0) is 5.41 Å². The summed E-state index contributed by atoms with van der Waals surface area (Å²) >= 11 is 0. The molecular weight excluding hydrogens is 148 g/mol. The van der Waals surface area contributed by atoms with Gasteiger partial charge in [-0.2, -0.15) is 0 Å². The summed E-state index contributed by atoms with van der Waals surface area (Å²) in [6, 6.07) is 0. The Labute approximate surface area is 76.6 Å². The van der Waals surface area contributed by atoms with E-state index in [2.05, 4.69) is 20.8 Å². The lowest BCUT2D eigenvalue weighted by atomic mass is 9.72. The molecule has 1 atom stereocenters. The van der Waals surface area contributed by atoms with E-state index in [0.29, 0.717) is 5.78 Å². The van der Waals surface area contributed by atoms with E-state index in [1.165, 1.54) is 0 Å². The van der Waals surface area contributed by atoms with Gasteiger partial charge in [0.1, 0.15) is 5.78 Å². The number of ketones is 1. The first-order chi connectivity index (χ1) is 5.07. The molecule has 0 fully saturated rings. The minimum atomic E-state index is -0.202. The third-order valence-electron chi connectivity index (χ3n) is 2.43. The van der Waals surface area contributed by atoms with Crippen molar-refractivity contribution in [3.05, 3.63) is 0 Å². The molecule has 1 nitrogen and oxygen atoms in total. The maximum atomic E-state index is 11.8. The number of Topliss-reactive ketones (excluding diaryl/α,β-unsaturated/α-hetero) is 1. The maximum absolute atomic E-state index is 11.8. The summed E-state index contributed by atoms with van der Waals surface area (Å²) in [5, 5.41) is 0. The molecule has 0 aromatic rings.